The van der Waals surface area contributed by atoms with Crippen LogP contribution in [-0.4, -0.2) is 62.2 Å². The van der Waals surface area contributed by atoms with Crippen molar-refractivity contribution in [1.82, 2.24) is 4.90 Å². The SMILES string of the molecule is COc1cc(N2CCC(C(=O)N3CCOCC3)CC2)ccc1[N+](=O)[O-]. The van der Waals surface area contributed by atoms with Crippen LogP contribution in [-0.2, 0) is 9.53 Å². The molecule has 1 aromatic rings. The second-order valence-corrected chi connectivity index (χ2v) is 6.31. The van der Waals surface area contributed by atoms with E-state index in [1.165, 1.54) is 13.2 Å². The molecule has 1 aromatic carbocycles. The van der Waals surface area contributed by atoms with Crippen LogP contribution in [0.3, 0.4) is 0 Å². The van der Waals surface area contributed by atoms with Crippen LogP contribution < -0.4 is 9.64 Å². The summed E-state index contributed by atoms with van der Waals surface area (Å²) in [5, 5.41) is 11.0. The Hall–Kier alpha value is -2.35. The van der Waals surface area contributed by atoms with Crippen molar-refractivity contribution in [2.45, 2.75) is 12.8 Å². The number of morpholine rings is 1. The van der Waals surface area contributed by atoms with Gasteiger partial charge in [0.05, 0.1) is 25.2 Å². The number of rotatable bonds is 4. The highest BCUT2D eigenvalue weighted by Gasteiger charge is 2.30. The summed E-state index contributed by atoms with van der Waals surface area (Å²) in [6.45, 7) is 4.10. The Morgan fingerprint density at radius 3 is 2.52 bits per heavy atom. The van der Waals surface area contributed by atoms with Gasteiger partial charge in [0.25, 0.3) is 0 Å². The number of nitrogens with zero attached hydrogens (tertiary/aromatic N) is 3. The van der Waals surface area contributed by atoms with Crippen molar-refractivity contribution in [2.75, 3.05) is 51.4 Å². The largest absolute Gasteiger partial charge is 0.490 e. The number of benzene rings is 1. The van der Waals surface area contributed by atoms with Crippen molar-refractivity contribution < 1.29 is 19.2 Å². The lowest BCUT2D eigenvalue weighted by Gasteiger charge is -2.36. The van der Waals surface area contributed by atoms with Crippen molar-refractivity contribution in [2.24, 2.45) is 5.92 Å². The maximum absolute atomic E-state index is 12.6. The van der Waals surface area contributed by atoms with Gasteiger partial charge in [0, 0.05) is 49.9 Å². The summed E-state index contributed by atoms with van der Waals surface area (Å²) in [5.41, 5.74) is 0.850. The molecule has 25 heavy (non-hydrogen) atoms. The molecule has 1 amide bonds. The lowest BCUT2D eigenvalue weighted by molar-refractivity contribution is -0.385. The van der Waals surface area contributed by atoms with E-state index < -0.39 is 4.92 Å². The second-order valence-electron chi connectivity index (χ2n) is 6.31. The maximum Gasteiger partial charge on any atom is 0.311 e. The van der Waals surface area contributed by atoms with E-state index in [4.69, 9.17) is 9.47 Å². The molecule has 2 saturated heterocycles. The Balaban J connectivity index is 1.62. The fraction of sp³-hybridized carbons (Fsp3) is 0.588. The number of anilines is 1. The van der Waals surface area contributed by atoms with Gasteiger partial charge in [0.1, 0.15) is 0 Å². The third-order valence-electron chi connectivity index (χ3n) is 4.89. The van der Waals surface area contributed by atoms with Gasteiger partial charge in [-0.1, -0.05) is 0 Å². The molecule has 0 aromatic heterocycles. The van der Waals surface area contributed by atoms with Crippen molar-refractivity contribution in [1.29, 1.82) is 0 Å². The van der Waals surface area contributed by atoms with E-state index in [0.717, 1.165) is 31.6 Å². The normalized spacial score (nSPS) is 18.9. The molecule has 2 fully saturated rings. The molecular formula is C17H23N3O5. The quantitative estimate of drug-likeness (QED) is 0.607. The van der Waals surface area contributed by atoms with Gasteiger partial charge in [0.15, 0.2) is 5.75 Å². The fourth-order valence-electron chi connectivity index (χ4n) is 3.44. The number of piperidine rings is 1. The highest BCUT2D eigenvalue weighted by Crippen LogP contribution is 2.33. The van der Waals surface area contributed by atoms with Crippen LogP contribution in [0.15, 0.2) is 18.2 Å². The predicted octanol–water partition coefficient (Wildman–Crippen LogP) is 1.68. The fourth-order valence-corrected chi connectivity index (χ4v) is 3.44. The smallest absolute Gasteiger partial charge is 0.311 e. The lowest BCUT2D eigenvalue weighted by atomic mass is 9.94. The summed E-state index contributed by atoms with van der Waals surface area (Å²) in [6.07, 6.45) is 1.57. The van der Waals surface area contributed by atoms with Gasteiger partial charge >= 0.3 is 5.69 Å². The molecule has 2 heterocycles. The number of hydrogen-bond acceptors (Lipinski definition) is 6. The van der Waals surface area contributed by atoms with Crippen LogP contribution in [0.1, 0.15) is 12.8 Å². The monoisotopic (exact) mass is 349 g/mol. The van der Waals surface area contributed by atoms with Gasteiger partial charge in [-0.25, -0.2) is 0 Å². The Morgan fingerprint density at radius 2 is 1.92 bits per heavy atom. The Labute approximate surface area is 146 Å². The first-order chi connectivity index (χ1) is 12.1. The van der Waals surface area contributed by atoms with E-state index in [0.29, 0.717) is 26.3 Å². The molecule has 0 radical (unpaired) electrons. The zero-order valence-electron chi connectivity index (χ0n) is 14.3. The number of ether oxygens (including phenoxy) is 2. The van der Waals surface area contributed by atoms with Crippen LogP contribution >= 0.6 is 0 Å². The minimum absolute atomic E-state index is 0.0383. The van der Waals surface area contributed by atoms with Crippen molar-refractivity contribution in [3.8, 4) is 5.75 Å². The molecular weight excluding hydrogens is 326 g/mol. The Morgan fingerprint density at radius 1 is 1.24 bits per heavy atom. The van der Waals surface area contributed by atoms with Gasteiger partial charge in [-0.2, -0.15) is 0 Å². The first kappa shape index (κ1) is 17.5. The minimum atomic E-state index is -0.449. The number of methoxy groups -OCH3 is 1. The van der Waals surface area contributed by atoms with Crippen molar-refractivity contribution in [3.05, 3.63) is 28.3 Å². The topological polar surface area (TPSA) is 85.2 Å². The van der Waals surface area contributed by atoms with Crippen molar-refractivity contribution >= 4 is 17.3 Å². The van der Waals surface area contributed by atoms with Gasteiger partial charge in [0.2, 0.25) is 5.91 Å². The average Bonchev–Trinajstić information content (AvgIpc) is 2.67. The summed E-state index contributed by atoms with van der Waals surface area (Å²) < 4.78 is 10.4. The molecule has 3 rings (SSSR count). The minimum Gasteiger partial charge on any atom is -0.490 e. The molecule has 0 aliphatic carbocycles. The standard InChI is InChI=1S/C17H23N3O5/c1-24-16-12-14(2-3-15(16)20(22)23)18-6-4-13(5-7-18)17(21)19-8-10-25-11-9-19/h2-3,12-13H,4-11H2,1H3. The molecule has 0 atom stereocenters. The summed E-state index contributed by atoms with van der Waals surface area (Å²) in [7, 11) is 1.43. The first-order valence-corrected chi connectivity index (χ1v) is 8.54. The second kappa shape index (κ2) is 7.69. The van der Waals surface area contributed by atoms with E-state index in [1.807, 2.05) is 4.90 Å². The summed E-state index contributed by atoms with van der Waals surface area (Å²) in [5.74, 6) is 0.535. The molecule has 0 N–H and O–H groups in total. The molecule has 2 aliphatic rings. The predicted molar refractivity (Wildman–Crippen MR) is 92.0 cm³/mol. The number of hydrogen-bond donors (Lipinski definition) is 0. The summed E-state index contributed by atoms with van der Waals surface area (Å²) in [4.78, 5) is 27.2. The van der Waals surface area contributed by atoms with Crippen LogP contribution in [0.25, 0.3) is 0 Å². The highest BCUT2D eigenvalue weighted by atomic mass is 16.6. The Kier molecular flexibility index (Phi) is 5.37. The van der Waals surface area contributed by atoms with E-state index in [2.05, 4.69) is 4.90 Å². The molecule has 0 unspecified atom stereocenters. The van der Waals surface area contributed by atoms with Crippen LogP contribution in [0.5, 0.6) is 5.75 Å². The molecule has 8 nitrogen and oxygen atoms in total. The average molecular weight is 349 g/mol. The highest BCUT2D eigenvalue weighted by molar-refractivity contribution is 5.79. The maximum atomic E-state index is 12.6. The third-order valence-corrected chi connectivity index (χ3v) is 4.89. The summed E-state index contributed by atoms with van der Waals surface area (Å²) in [6, 6.07) is 4.91. The van der Waals surface area contributed by atoms with E-state index >= 15 is 0 Å². The molecule has 8 heteroatoms. The number of carbonyl (C=O) groups excluding carboxylic acids is 1. The number of nitro groups is 1. The van der Waals surface area contributed by atoms with E-state index in [9.17, 15) is 14.9 Å². The first-order valence-electron chi connectivity index (χ1n) is 8.54. The van der Waals surface area contributed by atoms with Crippen LogP contribution in [0.4, 0.5) is 11.4 Å². The van der Waals surface area contributed by atoms with Crippen molar-refractivity contribution in [3.63, 3.8) is 0 Å². The van der Waals surface area contributed by atoms with Gasteiger partial charge < -0.3 is 19.3 Å². The molecule has 0 saturated carbocycles. The lowest BCUT2D eigenvalue weighted by Crippen LogP contribution is -2.46. The van der Waals surface area contributed by atoms with Gasteiger partial charge in [-0.05, 0) is 18.9 Å². The van der Waals surface area contributed by atoms with Gasteiger partial charge in [-0.3, -0.25) is 14.9 Å². The third kappa shape index (κ3) is 3.84. The van der Waals surface area contributed by atoms with Crippen LogP contribution in [0.2, 0.25) is 0 Å². The summed E-state index contributed by atoms with van der Waals surface area (Å²) >= 11 is 0. The molecule has 136 valence electrons. The molecule has 2 aliphatic heterocycles. The molecule has 0 spiro atoms. The van der Waals surface area contributed by atoms with Crippen LogP contribution in [0, 0.1) is 16.0 Å². The number of nitro benzene ring substituents is 1. The zero-order chi connectivity index (χ0) is 17.8. The van der Waals surface area contributed by atoms with Gasteiger partial charge in [-0.15, -0.1) is 0 Å². The number of carbonyl (C=O) groups is 1. The van der Waals surface area contributed by atoms with E-state index in [-0.39, 0.29) is 23.3 Å². The zero-order valence-corrected chi connectivity index (χ0v) is 14.3. The number of amides is 1. The Bertz CT molecular complexity index is 637. The van der Waals surface area contributed by atoms with E-state index in [1.54, 1.807) is 12.1 Å². The molecule has 0 bridgehead atoms.